The number of anilines is 1. The van der Waals surface area contributed by atoms with Crippen LogP contribution in [-0.2, 0) is 16.6 Å². The number of urea groups is 1. The molecule has 7 heteroatoms. The molecular formula is C17H22N4O3. The molecule has 0 unspecified atom stereocenters. The lowest BCUT2D eigenvalue weighted by molar-refractivity contribution is -0.120. The molecule has 0 atom stereocenters. The number of imide groups is 1. The molecule has 128 valence electrons. The van der Waals surface area contributed by atoms with Crippen LogP contribution in [0.4, 0.5) is 10.5 Å². The highest BCUT2D eigenvalue weighted by Crippen LogP contribution is 2.28. The fourth-order valence-corrected chi connectivity index (χ4v) is 2.83. The third-order valence-corrected chi connectivity index (χ3v) is 4.10. The van der Waals surface area contributed by atoms with E-state index in [1.54, 1.807) is 4.90 Å². The highest BCUT2D eigenvalue weighted by molar-refractivity contribution is 6.09. The molecule has 0 aliphatic carbocycles. The maximum absolute atomic E-state index is 11.8. The summed E-state index contributed by atoms with van der Waals surface area (Å²) in [6.45, 7) is 4.26. The Morgan fingerprint density at radius 2 is 1.92 bits per heavy atom. The average molecular weight is 330 g/mol. The average Bonchev–Trinajstić information content (AvgIpc) is 2.99. The van der Waals surface area contributed by atoms with Crippen molar-refractivity contribution in [2.24, 2.45) is 7.05 Å². The van der Waals surface area contributed by atoms with Crippen molar-refractivity contribution >= 4 is 28.5 Å². The largest absolute Gasteiger partial charge is 0.379 e. The Morgan fingerprint density at radius 1 is 1.12 bits per heavy atom. The van der Waals surface area contributed by atoms with Gasteiger partial charge in [0.2, 0.25) is 5.91 Å². The van der Waals surface area contributed by atoms with Crippen molar-refractivity contribution in [1.29, 1.82) is 0 Å². The molecule has 2 N–H and O–H groups in total. The number of amides is 3. The normalized spacial score (nSPS) is 18.1. The minimum absolute atomic E-state index is 0.212. The van der Waals surface area contributed by atoms with Crippen LogP contribution in [0.25, 0.3) is 10.9 Å². The molecule has 1 aromatic carbocycles. The third kappa shape index (κ3) is 3.58. The van der Waals surface area contributed by atoms with Crippen LogP contribution in [0.15, 0.2) is 30.5 Å². The molecule has 2 fully saturated rings. The molecular weight excluding hydrogens is 308 g/mol. The van der Waals surface area contributed by atoms with E-state index in [9.17, 15) is 9.59 Å². The Balaban J connectivity index is 0.000000238. The summed E-state index contributed by atoms with van der Waals surface area (Å²) < 4.78 is 7.01. The van der Waals surface area contributed by atoms with Gasteiger partial charge in [-0.1, -0.05) is 6.07 Å². The van der Waals surface area contributed by atoms with Gasteiger partial charge >= 0.3 is 6.03 Å². The molecule has 2 aromatic rings. The minimum atomic E-state index is -0.345. The van der Waals surface area contributed by atoms with E-state index in [1.165, 1.54) is 0 Å². The van der Waals surface area contributed by atoms with Gasteiger partial charge < -0.3 is 14.6 Å². The van der Waals surface area contributed by atoms with E-state index in [4.69, 9.17) is 4.74 Å². The van der Waals surface area contributed by atoms with Crippen LogP contribution in [0.1, 0.15) is 6.42 Å². The molecule has 0 spiro atoms. The molecule has 0 saturated carbocycles. The first kappa shape index (κ1) is 16.5. The molecule has 3 heterocycles. The summed E-state index contributed by atoms with van der Waals surface area (Å²) in [5.41, 5.74) is 1.91. The van der Waals surface area contributed by atoms with Gasteiger partial charge in [-0.05, 0) is 18.2 Å². The molecule has 2 aliphatic heterocycles. The van der Waals surface area contributed by atoms with Crippen molar-refractivity contribution in [2.45, 2.75) is 6.42 Å². The van der Waals surface area contributed by atoms with Gasteiger partial charge in [-0.25, -0.2) is 4.79 Å². The fourth-order valence-electron chi connectivity index (χ4n) is 2.83. The van der Waals surface area contributed by atoms with Gasteiger partial charge in [0.15, 0.2) is 0 Å². The third-order valence-electron chi connectivity index (χ3n) is 4.10. The molecule has 0 bridgehead atoms. The van der Waals surface area contributed by atoms with Crippen molar-refractivity contribution in [3.63, 3.8) is 0 Å². The van der Waals surface area contributed by atoms with Gasteiger partial charge in [-0.2, -0.15) is 0 Å². The molecule has 2 saturated heterocycles. The lowest BCUT2D eigenvalue weighted by Gasteiger charge is -2.27. The number of aryl methyl sites for hydroxylation is 1. The Morgan fingerprint density at radius 3 is 2.54 bits per heavy atom. The van der Waals surface area contributed by atoms with Crippen LogP contribution in [0.2, 0.25) is 0 Å². The summed E-state index contributed by atoms with van der Waals surface area (Å²) >= 11 is 0. The van der Waals surface area contributed by atoms with E-state index in [1.807, 2.05) is 42.1 Å². The molecule has 24 heavy (non-hydrogen) atoms. The second-order valence-corrected chi connectivity index (χ2v) is 5.75. The molecule has 2 aliphatic rings. The first-order valence-corrected chi connectivity index (χ1v) is 8.10. The predicted octanol–water partition coefficient (Wildman–Crippen LogP) is 1.23. The number of morpholine rings is 1. The zero-order valence-corrected chi connectivity index (χ0v) is 13.7. The molecule has 7 nitrogen and oxygen atoms in total. The summed E-state index contributed by atoms with van der Waals surface area (Å²) in [5.74, 6) is -0.212. The van der Waals surface area contributed by atoms with Gasteiger partial charge in [0.25, 0.3) is 0 Å². The predicted molar refractivity (Wildman–Crippen MR) is 92.1 cm³/mol. The number of rotatable bonds is 1. The number of benzene rings is 1. The lowest BCUT2D eigenvalue weighted by Crippen LogP contribution is -2.49. The van der Waals surface area contributed by atoms with Gasteiger partial charge in [0.05, 0.1) is 18.9 Å². The number of nitrogens with zero attached hydrogens (tertiary/aromatic N) is 2. The van der Waals surface area contributed by atoms with Crippen molar-refractivity contribution in [3.05, 3.63) is 30.5 Å². The minimum Gasteiger partial charge on any atom is -0.379 e. The number of carbonyl (C=O) groups excluding carboxylic acids is 2. The maximum Gasteiger partial charge on any atom is 0.328 e. The smallest absolute Gasteiger partial charge is 0.328 e. The van der Waals surface area contributed by atoms with Crippen molar-refractivity contribution < 1.29 is 14.3 Å². The van der Waals surface area contributed by atoms with E-state index >= 15 is 0 Å². The van der Waals surface area contributed by atoms with Crippen LogP contribution < -0.4 is 15.5 Å². The maximum atomic E-state index is 11.8. The van der Waals surface area contributed by atoms with Gasteiger partial charge in [0.1, 0.15) is 0 Å². The van der Waals surface area contributed by atoms with Crippen LogP contribution in [0, 0.1) is 0 Å². The quantitative estimate of drug-likeness (QED) is 0.825. The second-order valence-electron chi connectivity index (χ2n) is 5.75. The van der Waals surface area contributed by atoms with E-state index in [-0.39, 0.29) is 11.9 Å². The standard InChI is InChI=1S/C13H13N3O2.C4H9NO/c1-15-7-5-9-10(15)3-2-4-11(9)16-8-6-12(17)14-13(16)18;1-3-6-4-2-5-1/h2-5,7H,6,8H2,1H3,(H,14,17,18);5H,1-4H2. The zero-order chi connectivity index (χ0) is 16.9. The summed E-state index contributed by atoms with van der Waals surface area (Å²) in [6, 6.07) is 7.46. The number of nitrogens with one attached hydrogen (secondary N) is 2. The van der Waals surface area contributed by atoms with Crippen molar-refractivity contribution in [2.75, 3.05) is 37.7 Å². The van der Waals surface area contributed by atoms with Crippen LogP contribution in [0.5, 0.6) is 0 Å². The van der Waals surface area contributed by atoms with Crippen LogP contribution >= 0.6 is 0 Å². The highest BCUT2D eigenvalue weighted by Gasteiger charge is 2.25. The monoisotopic (exact) mass is 330 g/mol. The molecule has 0 radical (unpaired) electrons. The topological polar surface area (TPSA) is 75.6 Å². The van der Waals surface area contributed by atoms with E-state index in [0.717, 1.165) is 42.9 Å². The van der Waals surface area contributed by atoms with Gasteiger partial charge in [-0.3, -0.25) is 15.0 Å². The van der Waals surface area contributed by atoms with Gasteiger partial charge in [-0.15, -0.1) is 0 Å². The Hall–Kier alpha value is -2.38. The van der Waals surface area contributed by atoms with Crippen molar-refractivity contribution in [1.82, 2.24) is 15.2 Å². The first-order chi connectivity index (χ1) is 11.7. The molecule has 3 amide bonds. The number of fused-ring (bicyclic) bond motifs is 1. The molecule has 1 aromatic heterocycles. The Bertz CT molecular complexity index is 725. The number of ether oxygens (including phenoxy) is 1. The number of hydrogen-bond donors (Lipinski definition) is 2. The Kier molecular flexibility index (Phi) is 5.12. The van der Waals surface area contributed by atoms with Crippen LogP contribution in [0.3, 0.4) is 0 Å². The number of hydrogen-bond acceptors (Lipinski definition) is 4. The summed E-state index contributed by atoms with van der Waals surface area (Å²) in [5, 5.41) is 6.52. The van der Waals surface area contributed by atoms with Crippen molar-refractivity contribution in [3.8, 4) is 0 Å². The summed E-state index contributed by atoms with van der Waals surface area (Å²) in [6.07, 6.45) is 2.30. The van der Waals surface area contributed by atoms with E-state index in [0.29, 0.717) is 13.0 Å². The summed E-state index contributed by atoms with van der Waals surface area (Å²) in [4.78, 5) is 24.6. The first-order valence-electron chi connectivity index (χ1n) is 8.10. The Labute approximate surface area is 140 Å². The summed E-state index contributed by atoms with van der Waals surface area (Å²) in [7, 11) is 1.96. The zero-order valence-electron chi connectivity index (χ0n) is 13.7. The molecule has 4 rings (SSSR count). The highest BCUT2D eigenvalue weighted by atomic mass is 16.5. The lowest BCUT2D eigenvalue weighted by atomic mass is 10.2. The SMILES string of the molecule is C1COCCN1.Cn1ccc2c(N3CCC(=O)NC3=O)cccc21. The van der Waals surface area contributed by atoms with Crippen LogP contribution in [-0.4, -0.2) is 49.4 Å². The van der Waals surface area contributed by atoms with E-state index < -0.39 is 0 Å². The van der Waals surface area contributed by atoms with E-state index in [2.05, 4.69) is 10.6 Å². The number of carbonyl (C=O) groups is 2. The fraction of sp³-hybridized carbons (Fsp3) is 0.412. The second kappa shape index (κ2) is 7.46. The van der Waals surface area contributed by atoms with Gasteiger partial charge in [0, 0.05) is 50.2 Å². The number of aromatic nitrogens is 1.